The van der Waals surface area contributed by atoms with Gasteiger partial charge in [-0.15, -0.1) is 16.8 Å². The summed E-state index contributed by atoms with van der Waals surface area (Å²) < 4.78 is 15.5. The van der Waals surface area contributed by atoms with Gasteiger partial charge >= 0.3 is 0 Å². The monoisotopic (exact) mass is 369 g/mol. The van der Waals surface area contributed by atoms with Gasteiger partial charge in [0.25, 0.3) is 0 Å². The molecule has 0 saturated heterocycles. The largest absolute Gasteiger partial charge is 0.323 e. The van der Waals surface area contributed by atoms with E-state index in [2.05, 4.69) is 27.1 Å². The Hall–Kier alpha value is -3.00. The maximum absolute atomic E-state index is 13.6. The van der Waals surface area contributed by atoms with Crippen LogP contribution < -0.4 is 5.32 Å². The molecule has 0 aliphatic heterocycles. The fourth-order valence-electron chi connectivity index (χ4n) is 2.28. The van der Waals surface area contributed by atoms with Crippen molar-refractivity contribution in [2.75, 3.05) is 11.1 Å². The fraction of sp³-hybridized carbons (Fsp3) is 0.111. The van der Waals surface area contributed by atoms with E-state index in [4.69, 9.17) is 0 Å². The van der Waals surface area contributed by atoms with Gasteiger partial charge in [0, 0.05) is 24.5 Å². The Kier molecular flexibility index (Phi) is 5.75. The van der Waals surface area contributed by atoms with Crippen LogP contribution in [0.3, 0.4) is 0 Å². The van der Waals surface area contributed by atoms with Gasteiger partial charge in [0.2, 0.25) is 5.91 Å². The van der Waals surface area contributed by atoms with Crippen molar-refractivity contribution < 1.29 is 9.18 Å². The van der Waals surface area contributed by atoms with Crippen LogP contribution in [0.15, 0.2) is 66.6 Å². The molecule has 1 N–H and O–H groups in total. The maximum atomic E-state index is 13.6. The lowest BCUT2D eigenvalue weighted by Crippen LogP contribution is -2.15. The van der Waals surface area contributed by atoms with Crippen LogP contribution >= 0.6 is 11.8 Å². The third-order valence-electron chi connectivity index (χ3n) is 3.43. The molecule has 3 aromatic rings. The minimum atomic E-state index is -0.473. The summed E-state index contributed by atoms with van der Waals surface area (Å²) >= 11 is 1.22. The number of aromatic nitrogens is 4. The van der Waals surface area contributed by atoms with Gasteiger partial charge in [0.15, 0.2) is 11.0 Å². The molecule has 3 rings (SSSR count). The summed E-state index contributed by atoms with van der Waals surface area (Å²) in [5, 5.41) is 11.5. The van der Waals surface area contributed by atoms with E-state index in [9.17, 15) is 9.18 Å². The average Bonchev–Trinajstić information content (AvgIpc) is 3.06. The Labute approximate surface area is 154 Å². The highest BCUT2D eigenvalue weighted by molar-refractivity contribution is 7.99. The minimum absolute atomic E-state index is 0.0800. The van der Waals surface area contributed by atoms with Gasteiger partial charge in [-0.25, -0.2) is 4.39 Å². The lowest BCUT2D eigenvalue weighted by molar-refractivity contribution is -0.113. The van der Waals surface area contributed by atoms with Crippen molar-refractivity contribution in [3.8, 4) is 11.4 Å². The number of allylic oxidation sites excluding steroid dienone is 1. The Morgan fingerprint density at radius 2 is 2.12 bits per heavy atom. The number of para-hydroxylation sites is 1. The molecule has 0 fully saturated rings. The standard InChI is InChI=1S/C18H16FN5OS/c1-2-10-24-17(13-6-5-9-20-11-13)22-23-18(24)26-12-16(25)21-15-8-4-3-7-14(15)19/h2-9,11H,1,10,12H2,(H,21,25). The van der Waals surface area contributed by atoms with Crippen LogP contribution in [0.25, 0.3) is 11.4 Å². The van der Waals surface area contributed by atoms with Crippen LogP contribution in [0.4, 0.5) is 10.1 Å². The summed E-state index contributed by atoms with van der Waals surface area (Å²) in [6.45, 7) is 4.24. The van der Waals surface area contributed by atoms with Crippen LogP contribution in [-0.2, 0) is 11.3 Å². The first-order valence-corrected chi connectivity index (χ1v) is 8.79. The Balaban J connectivity index is 1.72. The summed E-state index contributed by atoms with van der Waals surface area (Å²) in [5.74, 6) is -0.0675. The molecule has 0 unspecified atom stereocenters. The maximum Gasteiger partial charge on any atom is 0.234 e. The summed E-state index contributed by atoms with van der Waals surface area (Å²) in [7, 11) is 0. The summed E-state index contributed by atoms with van der Waals surface area (Å²) in [6.07, 6.45) is 5.11. The summed E-state index contributed by atoms with van der Waals surface area (Å²) in [6, 6.07) is 9.74. The van der Waals surface area contributed by atoms with Crippen molar-refractivity contribution in [1.82, 2.24) is 19.7 Å². The molecule has 2 aromatic heterocycles. The fourth-order valence-corrected chi connectivity index (χ4v) is 3.02. The van der Waals surface area contributed by atoms with Crippen LogP contribution in [0.2, 0.25) is 0 Å². The molecule has 0 aliphatic carbocycles. The molecule has 26 heavy (non-hydrogen) atoms. The van der Waals surface area contributed by atoms with E-state index in [-0.39, 0.29) is 17.3 Å². The molecule has 0 radical (unpaired) electrons. The molecule has 132 valence electrons. The van der Waals surface area contributed by atoms with Gasteiger partial charge < -0.3 is 5.32 Å². The highest BCUT2D eigenvalue weighted by Crippen LogP contribution is 2.24. The molecule has 0 atom stereocenters. The van der Waals surface area contributed by atoms with Gasteiger partial charge in [-0.05, 0) is 24.3 Å². The van der Waals surface area contributed by atoms with E-state index in [1.54, 1.807) is 30.6 Å². The molecule has 0 aliphatic rings. The minimum Gasteiger partial charge on any atom is -0.323 e. The first-order chi connectivity index (χ1) is 12.7. The normalized spacial score (nSPS) is 10.5. The number of thioether (sulfide) groups is 1. The number of halogens is 1. The van der Waals surface area contributed by atoms with E-state index in [0.717, 1.165) is 5.56 Å². The zero-order chi connectivity index (χ0) is 18.4. The van der Waals surface area contributed by atoms with E-state index in [1.807, 2.05) is 16.7 Å². The number of anilines is 1. The number of pyridine rings is 1. The quantitative estimate of drug-likeness (QED) is 0.510. The molecule has 0 bridgehead atoms. The number of hydrogen-bond acceptors (Lipinski definition) is 5. The highest BCUT2D eigenvalue weighted by atomic mass is 32.2. The predicted octanol–water partition coefficient (Wildman–Crippen LogP) is 3.40. The molecular formula is C18H16FN5OS. The average molecular weight is 369 g/mol. The Morgan fingerprint density at radius 1 is 1.27 bits per heavy atom. The lowest BCUT2D eigenvalue weighted by atomic mass is 10.3. The number of carbonyl (C=O) groups is 1. The number of nitrogens with one attached hydrogen (secondary N) is 1. The number of rotatable bonds is 7. The molecule has 2 heterocycles. The second kappa shape index (κ2) is 8.39. The van der Waals surface area contributed by atoms with E-state index in [0.29, 0.717) is 17.5 Å². The second-order valence-corrected chi connectivity index (χ2v) is 6.21. The van der Waals surface area contributed by atoms with Gasteiger partial charge in [0.1, 0.15) is 5.82 Å². The number of amides is 1. The van der Waals surface area contributed by atoms with Crippen LogP contribution in [0.1, 0.15) is 0 Å². The molecule has 8 heteroatoms. The lowest BCUT2D eigenvalue weighted by Gasteiger charge is -2.08. The van der Waals surface area contributed by atoms with Gasteiger partial charge in [0.05, 0.1) is 11.4 Å². The molecular weight excluding hydrogens is 353 g/mol. The number of benzene rings is 1. The Morgan fingerprint density at radius 3 is 2.85 bits per heavy atom. The summed E-state index contributed by atoms with van der Waals surface area (Å²) in [4.78, 5) is 16.2. The van der Waals surface area contributed by atoms with Crippen LogP contribution in [-0.4, -0.2) is 31.4 Å². The first-order valence-electron chi connectivity index (χ1n) is 7.80. The van der Waals surface area contributed by atoms with Crippen molar-refractivity contribution in [3.05, 3.63) is 67.3 Å². The zero-order valence-electron chi connectivity index (χ0n) is 13.8. The van der Waals surface area contributed by atoms with E-state index >= 15 is 0 Å². The van der Waals surface area contributed by atoms with Crippen molar-refractivity contribution in [2.24, 2.45) is 0 Å². The van der Waals surface area contributed by atoms with E-state index in [1.165, 1.54) is 23.9 Å². The van der Waals surface area contributed by atoms with Gasteiger partial charge in [-0.2, -0.15) is 0 Å². The number of hydrogen-bond donors (Lipinski definition) is 1. The van der Waals surface area contributed by atoms with Gasteiger partial charge in [-0.3, -0.25) is 14.3 Å². The Bertz CT molecular complexity index is 913. The zero-order valence-corrected chi connectivity index (χ0v) is 14.6. The van der Waals surface area contributed by atoms with Crippen molar-refractivity contribution in [2.45, 2.75) is 11.7 Å². The first kappa shape index (κ1) is 17.8. The third kappa shape index (κ3) is 4.15. The molecule has 0 saturated carbocycles. The number of nitrogens with zero attached hydrogens (tertiary/aromatic N) is 4. The molecule has 6 nitrogen and oxygen atoms in total. The van der Waals surface area contributed by atoms with Crippen molar-refractivity contribution >= 4 is 23.4 Å². The number of carbonyl (C=O) groups excluding carboxylic acids is 1. The smallest absolute Gasteiger partial charge is 0.234 e. The van der Waals surface area contributed by atoms with Crippen LogP contribution in [0.5, 0.6) is 0 Å². The van der Waals surface area contributed by atoms with Gasteiger partial charge in [-0.1, -0.05) is 30.0 Å². The third-order valence-corrected chi connectivity index (χ3v) is 4.40. The highest BCUT2D eigenvalue weighted by Gasteiger charge is 2.15. The van der Waals surface area contributed by atoms with Crippen molar-refractivity contribution in [3.63, 3.8) is 0 Å². The molecule has 0 spiro atoms. The van der Waals surface area contributed by atoms with E-state index < -0.39 is 5.82 Å². The topological polar surface area (TPSA) is 72.7 Å². The van der Waals surface area contributed by atoms with Crippen molar-refractivity contribution in [1.29, 1.82) is 0 Å². The predicted molar refractivity (Wildman–Crippen MR) is 99.2 cm³/mol. The SMILES string of the molecule is C=CCn1c(SCC(=O)Nc2ccccc2F)nnc1-c1cccnc1. The molecule has 1 aromatic carbocycles. The summed E-state index contributed by atoms with van der Waals surface area (Å²) in [5.41, 5.74) is 0.978. The molecule has 1 amide bonds. The van der Waals surface area contributed by atoms with Crippen LogP contribution in [0, 0.1) is 5.82 Å². The second-order valence-electron chi connectivity index (χ2n) is 5.26.